The number of ether oxygens (including phenoxy) is 2. The minimum atomic E-state index is -0.641. The number of carbonyl (C=O) groups excluding carboxylic acids is 2. The van der Waals surface area contributed by atoms with Crippen molar-refractivity contribution in [1.29, 1.82) is 0 Å². The SMILES string of the molecule is COc1cc(Cc2cnc(N)nc2N)cc(/C=C/C(=O)N2N=Cc3ccccc3C2c2ccc(C(N)=O)nc2)c1OC. The minimum absolute atomic E-state index is 0.0894. The number of primary amides is 1. The number of nitrogen functional groups attached to an aromatic ring is 2. The molecule has 5 rings (SSSR count). The number of nitrogens with two attached hydrogens (primary N) is 3. The lowest BCUT2D eigenvalue weighted by Crippen LogP contribution is -2.33. The van der Waals surface area contributed by atoms with Gasteiger partial charge < -0.3 is 26.7 Å². The molecule has 0 fully saturated rings. The lowest BCUT2D eigenvalue weighted by atomic mass is 9.94. The summed E-state index contributed by atoms with van der Waals surface area (Å²) in [6, 6.07) is 13.9. The molecule has 12 heteroatoms. The first-order valence-electron chi connectivity index (χ1n) is 12.8. The Bertz CT molecular complexity index is 1720. The van der Waals surface area contributed by atoms with Crippen molar-refractivity contribution in [1.82, 2.24) is 20.0 Å². The van der Waals surface area contributed by atoms with Crippen molar-refractivity contribution in [2.24, 2.45) is 10.8 Å². The van der Waals surface area contributed by atoms with Crippen molar-refractivity contribution < 1.29 is 19.1 Å². The first kappa shape index (κ1) is 27.8. The molecule has 212 valence electrons. The van der Waals surface area contributed by atoms with Gasteiger partial charge in [-0.25, -0.2) is 9.99 Å². The Labute approximate surface area is 241 Å². The summed E-state index contributed by atoms with van der Waals surface area (Å²) < 4.78 is 11.2. The van der Waals surface area contributed by atoms with Gasteiger partial charge in [0.05, 0.1) is 20.4 Å². The zero-order valence-corrected chi connectivity index (χ0v) is 22.9. The summed E-state index contributed by atoms with van der Waals surface area (Å²) >= 11 is 0. The summed E-state index contributed by atoms with van der Waals surface area (Å²) in [6.07, 6.45) is 8.17. The summed E-state index contributed by atoms with van der Waals surface area (Å²) in [7, 11) is 3.05. The van der Waals surface area contributed by atoms with Crippen LogP contribution in [0.2, 0.25) is 0 Å². The average molecular weight is 565 g/mol. The average Bonchev–Trinajstić information content (AvgIpc) is 3.00. The van der Waals surface area contributed by atoms with Crippen LogP contribution >= 0.6 is 0 Å². The normalized spacial score (nSPS) is 14.0. The first-order valence-corrected chi connectivity index (χ1v) is 12.8. The summed E-state index contributed by atoms with van der Waals surface area (Å²) in [5.41, 5.74) is 21.6. The van der Waals surface area contributed by atoms with E-state index in [2.05, 4.69) is 20.1 Å². The molecule has 1 aliphatic rings. The number of carbonyl (C=O) groups is 2. The Morgan fingerprint density at radius 2 is 1.83 bits per heavy atom. The topological polar surface area (TPSA) is 185 Å². The van der Waals surface area contributed by atoms with Crippen molar-refractivity contribution in [3.8, 4) is 11.5 Å². The summed E-state index contributed by atoms with van der Waals surface area (Å²) in [4.78, 5) is 37.5. The molecule has 1 atom stereocenters. The van der Waals surface area contributed by atoms with Crippen molar-refractivity contribution in [3.63, 3.8) is 0 Å². The number of rotatable bonds is 8. The second-order valence-corrected chi connectivity index (χ2v) is 9.37. The van der Waals surface area contributed by atoms with E-state index in [0.29, 0.717) is 34.6 Å². The maximum absolute atomic E-state index is 13.7. The molecule has 1 aliphatic heterocycles. The number of methoxy groups -OCH3 is 2. The molecule has 0 aliphatic carbocycles. The predicted molar refractivity (Wildman–Crippen MR) is 158 cm³/mol. The number of nitrogens with zero attached hydrogens (tertiary/aromatic N) is 5. The molecular weight excluding hydrogens is 536 g/mol. The van der Waals surface area contributed by atoms with Crippen LogP contribution in [-0.2, 0) is 11.2 Å². The molecule has 2 amide bonds. The zero-order valence-electron chi connectivity index (χ0n) is 22.9. The van der Waals surface area contributed by atoms with Crippen LogP contribution in [0, 0.1) is 0 Å². The number of aromatic nitrogens is 3. The van der Waals surface area contributed by atoms with Crippen LogP contribution in [0.3, 0.4) is 0 Å². The fourth-order valence-electron chi connectivity index (χ4n) is 4.72. The van der Waals surface area contributed by atoms with Gasteiger partial charge in [-0.05, 0) is 41.0 Å². The molecule has 12 nitrogen and oxygen atoms in total. The van der Waals surface area contributed by atoms with Gasteiger partial charge in [-0.2, -0.15) is 10.1 Å². The van der Waals surface area contributed by atoms with E-state index in [4.69, 9.17) is 26.7 Å². The smallest absolute Gasteiger partial charge is 0.267 e. The second-order valence-electron chi connectivity index (χ2n) is 9.37. The van der Waals surface area contributed by atoms with Gasteiger partial charge >= 0.3 is 0 Å². The molecule has 4 aromatic rings. The van der Waals surface area contributed by atoms with E-state index < -0.39 is 17.9 Å². The summed E-state index contributed by atoms with van der Waals surface area (Å²) in [5, 5.41) is 5.82. The highest BCUT2D eigenvalue weighted by atomic mass is 16.5. The molecule has 1 unspecified atom stereocenters. The van der Waals surface area contributed by atoms with E-state index in [1.165, 1.54) is 37.6 Å². The third kappa shape index (κ3) is 5.59. The van der Waals surface area contributed by atoms with Gasteiger partial charge in [-0.1, -0.05) is 30.3 Å². The molecule has 0 saturated heterocycles. The van der Waals surface area contributed by atoms with E-state index in [1.807, 2.05) is 36.4 Å². The number of hydrogen-bond acceptors (Lipinski definition) is 10. The van der Waals surface area contributed by atoms with Gasteiger partial charge in [-0.15, -0.1) is 0 Å². The fraction of sp³-hybridized carbons (Fsp3) is 0.133. The molecule has 42 heavy (non-hydrogen) atoms. The molecule has 2 aromatic carbocycles. The van der Waals surface area contributed by atoms with E-state index in [0.717, 1.165) is 16.7 Å². The number of fused-ring (bicyclic) bond motifs is 1. The van der Waals surface area contributed by atoms with Gasteiger partial charge in [0.15, 0.2) is 11.5 Å². The maximum Gasteiger partial charge on any atom is 0.267 e. The molecule has 3 heterocycles. The van der Waals surface area contributed by atoms with Crippen LogP contribution in [0.25, 0.3) is 6.08 Å². The fourth-order valence-corrected chi connectivity index (χ4v) is 4.72. The Morgan fingerprint density at radius 3 is 2.52 bits per heavy atom. The molecule has 6 N–H and O–H groups in total. The minimum Gasteiger partial charge on any atom is -0.493 e. The van der Waals surface area contributed by atoms with E-state index in [1.54, 1.807) is 24.6 Å². The van der Waals surface area contributed by atoms with Gasteiger partial charge in [0.2, 0.25) is 5.95 Å². The number of amides is 2. The van der Waals surface area contributed by atoms with Crippen LogP contribution in [0.4, 0.5) is 11.8 Å². The summed E-state index contributed by atoms with van der Waals surface area (Å²) in [5.74, 6) is 0.247. The van der Waals surface area contributed by atoms with E-state index in [9.17, 15) is 9.59 Å². The number of hydrazone groups is 1. The van der Waals surface area contributed by atoms with Gasteiger partial charge in [0, 0.05) is 41.6 Å². The molecule has 2 aromatic heterocycles. The quantitative estimate of drug-likeness (QED) is 0.271. The molecule has 0 bridgehead atoms. The van der Waals surface area contributed by atoms with E-state index in [-0.39, 0.29) is 17.5 Å². The van der Waals surface area contributed by atoms with Gasteiger partial charge in [0.25, 0.3) is 11.8 Å². The van der Waals surface area contributed by atoms with Crippen molar-refractivity contribution in [2.45, 2.75) is 12.5 Å². The molecule has 0 radical (unpaired) electrons. The van der Waals surface area contributed by atoms with Crippen LogP contribution < -0.4 is 26.7 Å². The first-order chi connectivity index (χ1) is 20.3. The molecular formula is C30H28N8O4. The number of benzene rings is 2. The summed E-state index contributed by atoms with van der Waals surface area (Å²) in [6.45, 7) is 0. The second kappa shape index (κ2) is 11.8. The standard InChI is InChI=1S/C30H28N8O4/c1-41-24-13-17(12-21-15-35-30(33)37-28(21)31)11-18(27(24)42-2)8-10-25(39)38-26(20-7-9-23(29(32)40)34-14-20)22-6-4-3-5-19(22)16-36-38/h3-11,13-16,26H,12H2,1-2H3,(H2,32,40)(H4,31,33,35,37)/b10-8+. The maximum atomic E-state index is 13.7. The Hall–Kier alpha value is -5.78. The van der Waals surface area contributed by atoms with Gasteiger partial charge in [0.1, 0.15) is 17.6 Å². The van der Waals surface area contributed by atoms with Crippen molar-refractivity contribution in [2.75, 3.05) is 25.7 Å². The van der Waals surface area contributed by atoms with Crippen LogP contribution in [0.1, 0.15) is 49.9 Å². The Morgan fingerprint density at radius 1 is 1.02 bits per heavy atom. The number of pyridine rings is 1. The van der Waals surface area contributed by atoms with Gasteiger partial charge in [-0.3, -0.25) is 14.6 Å². The Balaban J connectivity index is 1.49. The van der Waals surface area contributed by atoms with Crippen molar-refractivity contribution in [3.05, 3.63) is 106 Å². The third-order valence-corrected chi connectivity index (χ3v) is 6.72. The highest BCUT2D eigenvalue weighted by molar-refractivity contribution is 5.95. The number of anilines is 2. The lowest BCUT2D eigenvalue weighted by Gasteiger charge is -2.31. The van der Waals surface area contributed by atoms with Crippen LogP contribution in [0.5, 0.6) is 11.5 Å². The highest BCUT2D eigenvalue weighted by Crippen LogP contribution is 2.36. The molecule has 0 spiro atoms. The van der Waals surface area contributed by atoms with Crippen LogP contribution in [0.15, 0.2) is 72.1 Å². The van der Waals surface area contributed by atoms with Crippen LogP contribution in [-0.4, -0.2) is 52.2 Å². The number of hydrogen-bond donors (Lipinski definition) is 3. The highest BCUT2D eigenvalue weighted by Gasteiger charge is 2.30. The largest absolute Gasteiger partial charge is 0.493 e. The third-order valence-electron chi connectivity index (χ3n) is 6.72. The lowest BCUT2D eigenvalue weighted by molar-refractivity contribution is -0.127. The monoisotopic (exact) mass is 564 g/mol. The predicted octanol–water partition coefficient (Wildman–Crippen LogP) is 2.72. The zero-order chi connectivity index (χ0) is 29.8. The Kier molecular flexibility index (Phi) is 7.78. The molecule has 0 saturated carbocycles. The van der Waals surface area contributed by atoms with E-state index >= 15 is 0 Å². The van der Waals surface area contributed by atoms with Crippen molar-refractivity contribution >= 4 is 35.9 Å².